The molecule has 0 heterocycles. The Morgan fingerprint density at radius 3 is 1.85 bits per heavy atom. The molecule has 26 heavy (non-hydrogen) atoms. The minimum absolute atomic E-state index is 0.0334. The Morgan fingerprint density at radius 1 is 0.731 bits per heavy atom. The lowest BCUT2D eigenvalue weighted by atomic mass is 10.1. The standard InChI is InChI=1S/C18H34N2O6/c21-13-7-1-3-10-16(23)19-12-6-5-9-15(18(25)26)20-17(24)11-4-2-8-14-22/h15,21-22H,1-14H2,(H,19,23)(H,20,24)(H,25,26)/t15-/m1/s1. The first-order valence-corrected chi connectivity index (χ1v) is 9.51. The van der Waals surface area contributed by atoms with Gasteiger partial charge in [0.1, 0.15) is 6.04 Å². The van der Waals surface area contributed by atoms with Crippen LogP contribution in [0.15, 0.2) is 0 Å². The number of carbonyl (C=O) groups excluding carboxylic acids is 2. The van der Waals surface area contributed by atoms with Crippen molar-refractivity contribution in [3.63, 3.8) is 0 Å². The van der Waals surface area contributed by atoms with Gasteiger partial charge in [-0.3, -0.25) is 9.59 Å². The zero-order chi connectivity index (χ0) is 19.6. The number of nitrogens with one attached hydrogen (secondary N) is 2. The zero-order valence-corrected chi connectivity index (χ0v) is 15.5. The van der Waals surface area contributed by atoms with Crippen LogP contribution >= 0.6 is 0 Å². The molecule has 1 atom stereocenters. The minimum atomic E-state index is -1.05. The number of rotatable bonds is 17. The molecule has 0 aromatic carbocycles. The third kappa shape index (κ3) is 14.7. The van der Waals surface area contributed by atoms with Crippen molar-refractivity contribution in [2.45, 2.75) is 76.7 Å². The molecule has 8 heteroatoms. The molecule has 0 radical (unpaired) electrons. The fourth-order valence-electron chi connectivity index (χ4n) is 2.46. The van der Waals surface area contributed by atoms with Crippen LogP contribution in [0.1, 0.15) is 70.6 Å². The van der Waals surface area contributed by atoms with E-state index in [1.807, 2.05) is 0 Å². The van der Waals surface area contributed by atoms with Crippen molar-refractivity contribution >= 4 is 17.8 Å². The third-order valence-electron chi connectivity index (χ3n) is 4.00. The Hall–Kier alpha value is -1.67. The number of aliphatic carboxylic acids is 1. The van der Waals surface area contributed by atoms with Gasteiger partial charge in [-0.25, -0.2) is 4.79 Å². The summed E-state index contributed by atoms with van der Waals surface area (Å²) in [5.74, 6) is -1.37. The van der Waals surface area contributed by atoms with Gasteiger partial charge in [0.2, 0.25) is 11.8 Å². The Labute approximate surface area is 155 Å². The average Bonchev–Trinajstić information content (AvgIpc) is 2.61. The van der Waals surface area contributed by atoms with E-state index in [-0.39, 0.29) is 31.4 Å². The maximum Gasteiger partial charge on any atom is 0.326 e. The Kier molecular flexibility index (Phi) is 15.7. The first-order chi connectivity index (χ1) is 12.5. The summed E-state index contributed by atoms with van der Waals surface area (Å²) < 4.78 is 0. The van der Waals surface area contributed by atoms with Gasteiger partial charge in [-0.15, -0.1) is 0 Å². The number of hydrogen-bond acceptors (Lipinski definition) is 5. The predicted molar refractivity (Wildman–Crippen MR) is 97.5 cm³/mol. The van der Waals surface area contributed by atoms with Gasteiger partial charge in [0, 0.05) is 32.6 Å². The molecule has 0 saturated heterocycles. The van der Waals surface area contributed by atoms with Crippen LogP contribution in [0, 0.1) is 0 Å². The molecular formula is C18H34N2O6. The van der Waals surface area contributed by atoms with Crippen molar-refractivity contribution in [1.82, 2.24) is 10.6 Å². The number of aliphatic hydroxyl groups is 2. The molecule has 5 N–H and O–H groups in total. The maximum atomic E-state index is 11.7. The van der Waals surface area contributed by atoms with Gasteiger partial charge in [-0.2, -0.15) is 0 Å². The quantitative estimate of drug-likeness (QED) is 0.240. The normalized spacial score (nSPS) is 11.8. The van der Waals surface area contributed by atoms with Crippen LogP contribution in [-0.2, 0) is 14.4 Å². The molecule has 0 aliphatic heterocycles. The number of carbonyl (C=O) groups is 3. The molecule has 0 aliphatic rings. The number of aliphatic hydroxyl groups excluding tert-OH is 2. The van der Waals surface area contributed by atoms with Crippen molar-refractivity contribution in [3.05, 3.63) is 0 Å². The monoisotopic (exact) mass is 374 g/mol. The van der Waals surface area contributed by atoms with Crippen molar-refractivity contribution < 1.29 is 29.7 Å². The summed E-state index contributed by atoms with van der Waals surface area (Å²) in [7, 11) is 0. The van der Waals surface area contributed by atoms with Gasteiger partial charge in [0.05, 0.1) is 0 Å². The molecule has 0 fully saturated rings. The van der Waals surface area contributed by atoms with Gasteiger partial charge < -0.3 is 26.0 Å². The smallest absolute Gasteiger partial charge is 0.326 e. The number of carboxylic acids is 1. The van der Waals surface area contributed by atoms with Crippen molar-refractivity contribution in [2.24, 2.45) is 0 Å². The molecule has 2 amide bonds. The highest BCUT2D eigenvalue weighted by Crippen LogP contribution is 2.04. The van der Waals surface area contributed by atoms with Crippen molar-refractivity contribution in [2.75, 3.05) is 19.8 Å². The molecule has 152 valence electrons. The largest absolute Gasteiger partial charge is 0.480 e. The molecule has 0 aromatic heterocycles. The van der Waals surface area contributed by atoms with E-state index >= 15 is 0 Å². The molecule has 0 rings (SSSR count). The molecule has 0 aromatic rings. The summed E-state index contributed by atoms with van der Waals surface area (Å²) in [5, 5.41) is 31.8. The van der Waals surface area contributed by atoms with E-state index in [2.05, 4.69) is 10.6 Å². The Bertz CT molecular complexity index is 403. The van der Waals surface area contributed by atoms with E-state index in [4.69, 9.17) is 10.2 Å². The Balaban J connectivity index is 3.81. The van der Waals surface area contributed by atoms with Crippen LogP contribution in [0.3, 0.4) is 0 Å². The highest BCUT2D eigenvalue weighted by molar-refractivity contribution is 5.83. The summed E-state index contributed by atoms with van der Waals surface area (Å²) >= 11 is 0. The number of unbranched alkanes of at least 4 members (excludes halogenated alkanes) is 5. The number of hydrogen-bond donors (Lipinski definition) is 5. The van der Waals surface area contributed by atoms with E-state index in [0.29, 0.717) is 51.5 Å². The molecule has 0 saturated carbocycles. The first kappa shape index (κ1) is 24.3. The van der Waals surface area contributed by atoms with Crippen molar-refractivity contribution in [3.8, 4) is 0 Å². The molecule has 0 aliphatic carbocycles. The second-order valence-electron chi connectivity index (χ2n) is 6.37. The van der Waals surface area contributed by atoms with Gasteiger partial charge in [0.15, 0.2) is 0 Å². The molecule has 0 spiro atoms. The van der Waals surface area contributed by atoms with Crippen LogP contribution in [0.4, 0.5) is 0 Å². The number of amides is 2. The average molecular weight is 374 g/mol. The predicted octanol–water partition coefficient (Wildman–Crippen LogP) is 0.948. The molecule has 0 unspecified atom stereocenters. The van der Waals surface area contributed by atoms with Gasteiger partial charge in [-0.1, -0.05) is 12.8 Å². The van der Waals surface area contributed by atoms with E-state index < -0.39 is 12.0 Å². The summed E-state index contributed by atoms with van der Waals surface area (Å²) in [4.78, 5) is 34.5. The van der Waals surface area contributed by atoms with Crippen LogP contribution in [0.2, 0.25) is 0 Å². The summed E-state index contributed by atoms with van der Waals surface area (Å²) in [5.41, 5.74) is 0. The van der Waals surface area contributed by atoms with Crippen LogP contribution in [-0.4, -0.2) is 58.9 Å². The van der Waals surface area contributed by atoms with Gasteiger partial charge in [0.25, 0.3) is 0 Å². The fourth-order valence-corrected chi connectivity index (χ4v) is 2.46. The van der Waals surface area contributed by atoms with Crippen LogP contribution in [0.25, 0.3) is 0 Å². The highest BCUT2D eigenvalue weighted by atomic mass is 16.4. The number of carboxylic acid groups (broad SMARTS) is 1. The van der Waals surface area contributed by atoms with Crippen molar-refractivity contribution in [1.29, 1.82) is 0 Å². The highest BCUT2D eigenvalue weighted by Gasteiger charge is 2.19. The Morgan fingerprint density at radius 2 is 1.31 bits per heavy atom. The fraction of sp³-hybridized carbons (Fsp3) is 0.833. The molecular weight excluding hydrogens is 340 g/mol. The third-order valence-corrected chi connectivity index (χ3v) is 4.00. The van der Waals surface area contributed by atoms with Crippen LogP contribution < -0.4 is 10.6 Å². The lowest BCUT2D eigenvalue weighted by Crippen LogP contribution is -2.40. The first-order valence-electron chi connectivity index (χ1n) is 9.51. The second kappa shape index (κ2) is 16.8. The summed E-state index contributed by atoms with van der Waals surface area (Å²) in [6.45, 7) is 0.727. The van der Waals surface area contributed by atoms with Gasteiger partial charge in [-0.05, 0) is 44.9 Å². The topological polar surface area (TPSA) is 136 Å². The van der Waals surface area contributed by atoms with E-state index in [9.17, 15) is 19.5 Å². The molecule has 8 nitrogen and oxygen atoms in total. The lowest BCUT2D eigenvalue weighted by Gasteiger charge is -2.14. The SMILES string of the molecule is O=C(CCCCCO)NCCCC[C@@H](NC(=O)CCCCCO)C(=O)O. The van der Waals surface area contributed by atoms with Crippen LogP contribution in [0.5, 0.6) is 0 Å². The van der Waals surface area contributed by atoms with E-state index in [0.717, 1.165) is 19.3 Å². The lowest BCUT2D eigenvalue weighted by molar-refractivity contribution is -0.142. The van der Waals surface area contributed by atoms with E-state index in [1.165, 1.54) is 0 Å². The minimum Gasteiger partial charge on any atom is -0.480 e. The zero-order valence-electron chi connectivity index (χ0n) is 15.5. The maximum absolute atomic E-state index is 11.7. The summed E-state index contributed by atoms with van der Waals surface area (Å²) in [6.07, 6.45) is 6.54. The molecule has 0 bridgehead atoms. The second-order valence-corrected chi connectivity index (χ2v) is 6.37. The van der Waals surface area contributed by atoms with Gasteiger partial charge >= 0.3 is 5.97 Å². The van der Waals surface area contributed by atoms with E-state index in [1.54, 1.807) is 0 Å². The summed E-state index contributed by atoms with van der Waals surface area (Å²) in [6, 6.07) is -0.908.